The lowest BCUT2D eigenvalue weighted by atomic mass is 10.3. The van der Waals surface area contributed by atoms with Crippen LogP contribution in [0.3, 0.4) is 0 Å². The standard InChI is InChI=1S/C12H17F3N4/c1-3-6-19(8-4-5-8)10-7-9(16-2)17-11(18-10)12(13,14)15/h7-8H,3-6H2,1-2H3,(H,16,17,18). The molecule has 1 aromatic heterocycles. The predicted octanol–water partition coefficient (Wildman–Crippen LogP) is 2.92. The third kappa shape index (κ3) is 3.27. The van der Waals surface area contributed by atoms with E-state index in [1.165, 1.54) is 0 Å². The molecular formula is C12H17F3N4. The van der Waals surface area contributed by atoms with Gasteiger partial charge < -0.3 is 10.2 Å². The van der Waals surface area contributed by atoms with Gasteiger partial charge >= 0.3 is 6.18 Å². The van der Waals surface area contributed by atoms with Crippen LogP contribution in [0, 0.1) is 0 Å². The Hall–Kier alpha value is -1.53. The van der Waals surface area contributed by atoms with Crippen molar-refractivity contribution in [2.45, 2.75) is 38.4 Å². The lowest BCUT2D eigenvalue weighted by Crippen LogP contribution is -2.28. The Morgan fingerprint density at radius 3 is 2.53 bits per heavy atom. The largest absolute Gasteiger partial charge is 0.451 e. The van der Waals surface area contributed by atoms with Gasteiger partial charge in [0.15, 0.2) is 0 Å². The Balaban J connectivity index is 2.37. The van der Waals surface area contributed by atoms with Gasteiger partial charge in [-0.1, -0.05) is 6.92 Å². The Morgan fingerprint density at radius 1 is 1.37 bits per heavy atom. The summed E-state index contributed by atoms with van der Waals surface area (Å²) in [6.45, 7) is 2.71. The minimum absolute atomic E-state index is 0.194. The summed E-state index contributed by atoms with van der Waals surface area (Å²) in [6.07, 6.45) is -1.62. The number of hydrogen-bond acceptors (Lipinski definition) is 4. The van der Waals surface area contributed by atoms with E-state index in [0.717, 1.165) is 19.3 Å². The van der Waals surface area contributed by atoms with Crippen molar-refractivity contribution in [1.82, 2.24) is 9.97 Å². The topological polar surface area (TPSA) is 41.0 Å². The first-order valence-corrected chi connectivity index (χ1v) is 6.36. The third-order valence-corrected chi connectivity index (χ3v) is 2.97. The molecule has 0 atom stereocenters. The van der Waals surface area contributed by atoms with Crippen molar-refractivity contribution in [2.24, 2.45) is 0 Å². The third-order valence-electron chi connectivity index (χ3n) is 2.97. The second-order valence-electron chi connectivity index (χ2n) is 4.61. The molecule has 0 amide bonds. The van der Waals surface area contributed by atoms with Gasteiger partial charge in [0, 0.05) is 25.7 Å². The Kier molecular flexibility index (Phi) is 3.82. The highest BCUT2D eigenvalue weighted by molar-refractivity contribution is 5.51. The summed E-state index contributed by atoms with van der Waals surface area (Å²) in [6, 6.07) is 1.89. The maximum Gasteiger partial charge on any atom is 0.451 e. The zero-order valence-corrected chi connectivity index (χ0v) is 11.0. The van der Waals surface area contributed by atoms with Gasteiger partial charge in [-0.25, -0.2) is 9.97 Å². The van der Waals surface area contributed by atoms with Gasteiger partial charge in [-0.3, -0.25) is 0 Å². The molecule has 1 heterocycles. The molecule has 0 saturated heterocycles. The van der Waals surface area contributed by atoms with E-state index in [-0.39, 0.29) is 5.82 Å². The van der Waals surface area contributed by atoms with Crippen molar-refractivity contribution in [2.75, 3.05) is 23.8 Å². The van der Waals surface area contributed by atoms with Crippen LogP contribution in [0.1, 0.15) is 32.0 Å². The summed E-state index contributed by atoms with van der Waals surface area (Å²) in [5.74, 6) is -0.536. The molecule has 0 aliphatic heterocycles. The Morgan fingerprint density at radius 2 is 2.05 bits per heavy atom. The van der Waals surface area contributed by atoms with Crippen LogP contribution in [-0.4, -0.2) is 29.6 Å². The number of rotatable bonds is 5. The van der Waals surface area contributed by atoms with Gasteiger partial charge in [-0.05, 0) is 19.3 Å². The zero-order chi connectivity index (χ0) is 14.0. The second kappa shape index (κ2) is 5.22. The highest BCUT2D eigenvalue weighted by Gasteiger charge is 2.37. The number of nitrogens with one attached hydrogen (secondary N) is 1. The van der Waals surface area contributed by atoms with Gasteiger partial charge in [0.1, 0.15) is 11.6 Å². The molecule has 0 spiro atoms. The fourth-order valence-electron chi connectivity index (χ4n) is 1.95. The van der Waals surface area contributed by atoms with Crippen LogP contribution in [0.15, 0.2) is 6.07 Å². The minimum Gasteiger partial charge on any atom is -0.373 e. The van der Waals surface area contributed by atoms with Gasteiger partial charge in [-0.15, -0.1) is 0 Å². The molecule has 106 valence electrons. The van der Waals surface area contributed by atoms with Crippen LogP contribution in [0.2, 0.25) is 0 Å². The molecule has 19 heavy (non-hydrogen) atoms. The van der Waals surface area contributed by atoms with E-state index < -0.39 is 12.0 Å². The van der Waals surface area contributed by atoms with Crippen LogP contribution in [0.25, 0.3) is 0 Å². The summed E-state index contributed by atoms with van der Waals surface area (Å²) in [4.78, 5) is 9.10. The molecule has 0 bridgehead atoms. The summed E-state index contributed by atoms with van der Waals surface area (Å²) < 4.78 is 38.3. The molecule has 0 radical (unpaired) electrons. The smallest absolute Gasteiger partial charge is 0.373 e. The van der Waals surface area contributed by atoms with Gasteiger partial charge in [0.25, 0.3) is 0 Å². The van der Waals surface area contributed by atoms with E-state index in [4.69, 9.17) is 0 Å². The van der Waals surface area contributed by atoms with Crippen LogP contribution in [0.5, 0.6) is 0 Å². The van der Waals surface area contributed by atoms with Gasteiger partial charge in [0.05, 0.1) is 0 Å². The molecule has 0 unspecified atom stereocenters. The van der Waals surface area contributed by atoms with Crippen molar-refractivity contribution in [1.29, 1.82) is 0 Å². The van der Waals surface area contributed by atoms with E-state index >= 15 is 0 Å². The summed E-state index contributed by atoms with van der Waals surface area (Å²) in [7, 11) is 1.55. The van der Waals surface area contributed by atoms with Crippen LogP contribution >= 0.6 is 0 Å². The van der Waals surface area contributed by atoms with E-state index in [0.29, 0.717) is 18.4 Å². The molecule has 2 rings (SSSR count). The maximum atomic E-state index is 12.8. The molecular weight excluding hydrogens is 257 g/mol. The first-order chi connectivity index (χ1) is 8.95. The lowest BCUT2D eigenvalue weighted by Gasteiger charge is -2.24. The summed E-state index contributed by atoms with van der Waals surface area (Å²) in [5, 5.41) is 2.66. The van der Waals surface area contributed by atoms with Gasteiger partial charge in [-0.2, -0.15) is 13.2 Å². The molecule has 1 aliphatic rings. The molecule has 1 fully saturated rings. The van der Waals surface area contributed by atoms with Crippen LogP contribution in [-0.2, 0) is 6.18 Å². The second-order valence-corrected chi connectivity index (χ2v) is 4.61. The highest BCUT2D eigenvalue weighted by atomic mass is 19.4. The quantitative estimate of drug-likeness (QED) is 0.896. The zero-order valence-electron chi connectivity index (χ0n) is 11.0. The predicted molar refractivity (Wildman–Crippen MR) is 67.2 cm³/mol. The monoisotopic (exact) mass is 274 g/mol. The molecule has 7 heteroatoms. The van der Waals surface area contributed by atoms with Crippen LogP contribution < -0.4 is 10.2 Å². The Bertz CT molecular complexity index is 443. The number of nitrogens with zero attached hydrogens (tertiary/aromatic N) is 3. The SMILES string of the molecule is CCCN(c1cc(NC)nc(C(F)(F)F)n1)C1CC1. The fourth-order valence-corrected chi connectivity index (χ4v) is 1.95. The van der Waals surface area contributed by atoms with E-state index in [2.05, 4.69) is 15.3 Å². The molecule has 4 nitrogen and oxygen atoms in total. The lowest BCUT2D eigenvalue weighted by molar-refractivity contribution is -0.144. The first kappa shape index (κ1) is 13.9. The van der Waals surface area contributed by atoms with Crippen LogP contribution in [0.4, 0.5) is 24.8 Å². The van der Waals surface area contributed by atoms with E-state index in [1.807, 2.05) is 11.8 Å². The average molecular weight is 274 g/mol. The summed E-state index contributed by atoms with van der Waals surface area (Å²) in [5.41, 5.74) is 0. The number of hydrogen-bond donors (Lipinski definition) is 1. The van der Waals surface area contributed by atoms with Crippen molar-refractivity contribution in [3.8, 4) is 0 Å². The van der Waals surface area contributed by atoms with Crippen molar-refractivity contribution in [3.05, 3.63) is 11.9 Å². The maximum absolute atomic E-state index is 12.8. The fraction of sp³-hybridized carbons (Fsp3) is 0.667. The average Bonchev–Trinajstić information content (AvgIpc) is 3.18. The number of alkyl halides is 3. The van der Waals surface area contributed by atoms with Crippen molar-refractivity contribution >= 4 is 11.6 Å². The van der Waals surface area contributed by atoms with Crippen molar-refractivity contribution in [3.63, 3.8) is 0 Å². The van der Waals surface area contributed by atoms with E-state index in [1.54, 1.807) is 13.1 Å². The Labute approximate surface area is 110 Å². The highest BCUT2D eigenvalue weighted by Crippen LogP contribution is 2.34. The molecule has 1 aromatic rings. The summed E-state index contributed by atoms with van der Waals surface area (Å²) >= 11 is 0. The molecule has 0 aromatic carbocycles. The molecule has 1 N–H and O–H groups in total. The van der Waals surface area contributed by atoms with Crippen molar-refractivity contribution < 1.29 is 13.2 Å². The normalized spacial score (nSPS) is 15.4. The molecule has 1 aliphatic carbocycles. The number of anilines is 2. The first-order valence-electron chi connectivity index (χ1n) is 6.36. The minimum atomic E-state index is -4.52. The molecule has 1 saturated carbocycles. The number of aromatic nitrogens is 2. The van der Waals surface area contributed by atoms with Gasteiger partial charge in [0.2, 0.25) is 5.82 Å². The number of halogens is 3. The van der Waals surface area contributed by atoms with E-state index in [9.17, 15) is 13.2 Å².